The fourth-order valence-electron chi connectivity index (χ4n) is 2.75. The predicted molar refractivity (Wildman–Crippen MR) is 120 cm³/mol. The number of carbonyl (C=O) groups is 1. The highest BCUT2D eigenvalue weighted by molar-refractivity contribution is 6.38. The van der Waals surface area contributed by atoms with Crippen LogP contribution < -0.4 is 15.8 Å². The van der Waals surface area contributed by atoms with Gasteiger partial charge in [0.15, 0.2) is 6.61 Å². The van der Waals surface area contributed by atoms with Gasteiger partial charge in [0.05, 0.1) is 28.4 Å². The fraction of sp³-hybridized carbons (Fsp3) is 0.409. The molecule has 0 fully saturated rings. The minimum absolute atomic E-state index is 0.0826. The van der Waals surface area contributed by atoms with Gasteiger partial charge in [0.1, 0.15) is 5.75 Å². The van der Waals surface area contributed by atoms with Crippen LogP contribution in [0, 0.1) is 0 Å². The van der Waals surface area contributed by atoms with E-state index < -0.39 is 6.10 Å². The Morgan fingerprint density at radius 1 is 1.07 bits per heavy atom. The van der Waals surface area contributed by atoms with E-state index in [1.165, 1.54) is 0 Å². The van der Waals surface area contributed by atoms with Crippen LogP contribution >= 0.6 is 23.2 Å². The van der Waals surface area contributed by atoms with Crippen LogP contribution in [0.15, 0.2) is 42.5 Å². The predicted octanol–water partition coefficient (Wildman–Crippen LogP) is 4.38. The number of benzene rings is 2. The first-order valence-electron chi connectivity index (χ1n) is 9.94. The normalized spacial score (nSPS) is 11.8. The van der Waals surface area contributed by atoms with Crippen molar-refractivity contribution >= 4 is 34.9 Å². The number of rotatable bonds is 13. The molecule has 2 aromatic carbocycles. The summed E-state index contributed by atoms with van der Waals surface area (Å²) in [7, 11) is 0. The number of nitrogens with two attached hydrogens (primary N) is 1. The number of hydrogen-bond donors (Lipinski definition) is 3. The maximum atomic E-state index is 11.6. The number of aliphatic hydroxyl groups is 1. The quantitative estimate of drug-likeness (QED) is 0.236. The first-order valence-corrected chi connectivity index (χ1v) is 10.7. The van der Waals surface area contributed by atoms with Crippen molar-refractivity contribution in [1.29, 1.82) is 0 Å². The Bertz CT molecular complexity index is 767. The van der Waals surface area contributed by atoms with E-state index in [2.05, 4.69) is 5.32 Å². The largest absolute Gasteiger partial charge is 0.482 e. The van der Waals surface area contributed by atoms with Crippen molar-refractivity contribution in [3.63, 3.8) is 0 Å². The third-order valence-electron chi connectivity index (χ3n) is 4.43. The number of para-hydroxylation sites is 1. The summed E-state index contributed by atoms with van der Waals surface area (Å²) in [6.45, 7) is 1.48. The van der Waals surface area contributed by atoms with Crippen molar-refractivity contribution in [3.8, 4) is 5.75 Å². The lowest BCUT2D eigenvalue weighted by Gasteiger charge is -2.14. The smallest absolute Gasteiger partial charge is 0.344 e. The molecule has 0 spiro atoms. The van der Waals surface area contributed by atoms with Crippen LogP contribution in [0.3, 0.4) is 0 Å². The molecule has 2 aromatic rings. The van der Waals surface area contributed by atoms with Gasteiger partial charge in [0.25, 0.3) is 0 Å². The van der Waals surface area contributed by atoms with E-state index in [0.717, 1.165) is 32.2 Å². The van der Waals surface area contributed by atoms with Gasteiger partial charge >= 0.3 is 5.97 Å². The number of unbranched alkanes of at least 4 members (excludes halogenated alkanes) is 3. The summed E-state index contributed by atoms with van der Waals surface area (Å²) in [4.78, 5) is 11.6. The lowest BCUT2D eigenvalue weighted by Crippen LogP contribution is -2.22. The van der Waals surface area contributed by atoms with Crippen molar-refractivity contribution in [1.82, 2.24) is 5.32 Å². The first-order chi connectivity index (χ1) is 14.5. The van der Waals surface area contributed by atoms with Crippen molar-refractivity contribution in [2.45, 2.75) is 31.8 Å². The zero-order chi connectivity index (χ0) is 21.8. The van der Waals surface area contributed by atoms with Crippen LogP contribution in [-0.2, 0) is 9.53 Å². The number of carbonyl (C=O) groups excluding carboxylic acids is 1. The maximum absolute atomic E-state index is 11.6. The molecule has 0 aliphatic carbocycles. The van der Waals surface area contributed by atoms with E-state index in [-0.39, 0.29) is 12.6 Å². The topological polar surface area (TPSA) is 93.8 Å². The lowest BCUT2D eigenvalue weighted by molar-refractivity contribution is -0.146. The van der Waals surface area contributed by atoms with Crippen molar-refractivity contribution in [3.05, 3.63) is 58.1 Å². The van der Waals surface area contributed by atoms with Crippen molar-refractivity contribution in [2.75, 3.05) is 32.0 Å². The van der Waals surface area contributed by atoms with Crippen molar-refractivity contribution < 1.29 is 19.4 Å². The number of ether oxygens (including phenoxy) is 2. The van der Waals surface area contributed by atoms with E-state index >= 15 is 0 Å². The molecular weight excluding hydrogens is 427 g/mol. The van der Waals surface area contributed by atoms with Crippen LogP contribution in [0.25, 0.3) is 0 Å². The number of nitrogens with one attached hydrogen (secondary N) is 1. The highest BCUT2D eigenvalue weighted by atomic mass is 35.5. The Balaban J connectivity index is 1.47. The van der Waals surface area contributed by atoms with Gasteiger partial charge in [-0.05, 0) is 49.2 Å². The minimum Gasteiger partial charge on any atom is -0.482 e. The molecule has 1 atom stereocenters. The van der Waals surface area contributed by atoms with Crippen LogP contribution in [0.2, 0.25) is 10.0 Å². The lowest BCUT2D eigenvalue weighted by atomic mass is 10.1. The number of aliphatic hydroxyl groups excluding tert-OH is 1. The minimum atomic E-state index is -0.710. The highest BCUT2D eigenvalue weighted by Gasteiger charge is 2.12. The standard InChI is InChI=1S/C22H28Cl2N2O4/c23-18-12-16(13-19(24)22(18)25)20(27)14-26-10-6-1-2-7-11-29-21(28)15-30-17-8-4-3-5-9-17/h3-5,8-9,12-13,20,26-27H,1-2,6-7,10-11,14-15,25H2. The SMILES string of the molecule is Nc1c(Cl)cc(C(O)CNCCCCCCOC(=O)COc2ccccc2)cc1Cl. The first kappa shape index (κ1) is 24.3. The molecule has 0 aromatic heterocycles. The summed E-state index contributed by atoms with van der Waals surface area (Å²) in [5.74, 6) is 0.284. The number of anilines is 1. The Morgan fingerprint density at radius 3 is 2.43 bits per heavy atom. The molecule has 164 valence electrons. The van der Waals surface area contributed by atoms with Crippen LogP contribution in [0.1, 0.15) is 37.4 Å². The molecule has 2 rings (SSSR count). The second kappa shape index (κ2) is 13.3. The summed E-state index contributed by atoms with van der Waals surface area (Å²) in [5, 5.41) is 14.1. The molecule has 0 radical (unpaired) electrons. The van der Waals surface area contributed by atoms with Crippen LogP contribution in [-0.4, -0.2) is 37.4 Å². The average Bonchev–Trinajstić information content (AvgIpc) is 2.75. The molecule has 0 saturated heterocycles. The number of nitrogen functional groups attached to an aromatic ring is 1. The molecule has 0 aliphatic rings. The number of esters is 1. The molecular formula is C22H28Cl2N2O4. The molecule has 0 amide bonds. The molecule has 6 nitrogen and oxygen atoms in total. The van der Waals surface area contributed by atoms with E-state index in [0.29, 0.717) is 40.2 Å². The fourth-order valence-corrected chi connectivity index (χ4v) is 3.25. The van der Waals surface area contributed by atoms with Crippen LogP contribution in [0.5, 0.6) is 5.75 Å². The Morgan fingerprint density at radius 2 is 1.73 bits per heavy atom. The van der Waals surface area contributed by atoms with Gasteiger partial charge in [-0.3, -0.25) is 0 Å². The van der Waals surface area contributed by atoms with Gasteiger partial charge in [-0.1, -0.05) is 54.2 Å². The van der Waals surface area contributed by atoms with Gasteiger partial charge in [-0.2, -0.15) is 0 Å². The number of halogens is 2. The van der Waals surface area contributed by atoms with E-state index in [9.17, 15) is 9.90 Å². The highest BCUT2D eigenvalue weighted by Crippen LogP contribution is 2.31. The van der Waals surface area contributed by atoms with Gasteiger partial charge in [-0.15, -0.1) is 0 Å². The van der Waals surface area contributed by atoms with E-state index in [1.54, 1.807) is 24.3 Å². The molecule has 30 heavy (non-hydrogen) atoms. The second-order valence-electron chi connectivity index (χ2n) is 6.85. The molecule has 0 bridgehead atoms. The maximum Gasteiger partial charge on any atom is 0.344 e. The van der Waals surface area contributed by atoms with Gasteiger partial charge in [0, 0.05) is 6.54 Å². The number of hydrogen-bond acceptors (Lipinski definition) is 6. The second-order valence-corrected chi connectivity index (χ2v) is 7.67. The van der Waals surface area contributed by atoms with Crippen molar-refractivity contribution in [2.24, 2.45) is 0 Å². The molecule has 8 heteroatoms. The summed E-state index contributed by atoms with van der Waals surface area (Å²) in [6, 6.07) is 12.4. The van der Waals surface area contributed by atoms with Gasteiger partial charge < -0.3 is 25.6 Å². The molecule has 4 N–H and O–H groups in total. The summed E-state index contributed by atoms with van der Waals surface area (Å²) >= 11 is 12.0. The molecule has 1 unspecified atom stereocenters. The summed E-state index contributed by atoms with van der Waals surface area (Å²) in [6.07, 6.45) is 3.02. The third-order valence-corrected chi connectivity index (χ3v) is 5.06. The van der Waals surface area contributed by atoms with Gasteiger partial charge in [-0.25, -0.2) is 4.79 Å². The molecule has 0 saturated carbocycles. The molecule has 0 heterocycles. The Hall–Kier alpha value is -1.99. The zero-order valence-corrected chi connectivity index (χ0v) is 18.3. The zero-order valence-electron chi connectivity index (χ0n) is 16.8. The molecule has 0 aliphatic heterocycles. The average molecular weight is 455 g/mol. The summed E-state index contributed by atoms with van der Waals surface area (Å²) < 4.78 is 10.5. The van der Waals surface area contributed by atoms with E-state index in [1.807, 2.05) is 18.2 Å². The van der Waals surface area contributed by atoms with Crippen LogP contribution in [0.4, 0.5) is 5.69 Å². The van der Waals surface area contributed by atoms with Gasteiger partial charge in [0.2, 0.25) is 0 Å². The summed E-state index contributed by atoms with van der Waals surface area (Å²) in [5.41, 5.74) is 6.65. The monoisotopic (exact) mass is 454 g/mol. The van der Waals surface area contributed by atoms with E-state index in [4.69, 9.17) is 38.4 Å². The Kier molecular flexibility index (Phi) is 10.8. The Labute approximate surface area is 187 Å². The third kappa shape index (κ3) is 8.79.